The number of nitrogens with zero attached hydrogens (tertiary/aromatic N) is 2. The summed E-state index contributed by atoms with van der Waals surface area (Å²) < 4.78 is 6.04. The van der Waals surface area contributed by atoms with Gasteiger partial charge in [-0.1, -0.05) is 12.1 Å². The van der Waals surface area contributed by atoms with E-state index in [2.05, 4.69) is 4.90 Å². The minimum atomic E-state index is -0.335. The number of rotatable bonds is 2. The van der Waals surface area contributed by atoms with Gasteiger partial charge in [0.05, 0.1) is 16.1 Å². The maximum Gasteiger partial charge on any atom is 0.292 e. The van der Waals surface area contributed by atoms with Crippen LogP contribution in [0.5, 0.6) is 0 Å². The lowest BCUT2D eigenvalue weighted by molar-refractivity contribution is -0.384. The lowest BCUT2D eigenvalue weighted by Crippen LogP contribution is -2.57. The fourth-order valence-electron chi connectivity index (χ4n) is 3.15. The molecule has 5 nitrogen and oxygen atoms in total. The zero-order valence-electron chi connectivity index (χ0n) is 12.8. The van der Waals surface area contributed by atoms with Crippen molar-refractivity contribution in [3.63, 3.8) is 0 Å². The highest BCUT2D eigenvalue weighted by molar-refractivity contribution is 5.68. The first-order valence-corrected chi connectivity index (χ1v) is 6.80. The maximum atomic E-state index is 11.3. The lowest BCUT2D eigenvalue weighted by Gasteiger charge is -2.48. The van der Waals surface area contributed by atoms with E-state index < -0.39 is 0 Å². The van der Waals surface area contributed by atoms with Crippen LogP contribution in [0.4, 0.5) is 11.4 Å². The number of morpholine rings is 1. The van der Waals surface area contributed by atoms with Crippen LogP contribution >= 0.6 is 0 Å². The number of nitro groups is 1. The van der Waals surface area contributed by atoms with E-state index in [0.29, 0.717) is 18.8 Å². The summed E-state index contributed by atoms with van der Waals surface area (Å²) in [6, 6.07) is 5.21. The second-order valence-corrected chi connectivity index (χ2v) is 6.68. The molecule has 5 heteroatoms. The van der Waals surface area contributed by atoms with Gasteiger partial charge in [0.15, 0.2) is 0 Å². The van der Waals surface area contributed by atoms with Crippen LogP contribution in [0.3, 0.4) is 0 Å². The molecular weight excluding hydrogens is 256 g/mol. The molecule has 0 unspecified atom stereocenters. The zero-order valence-corrected chi connectivity index (χ0v) is 12.8. The quantitative estimate of drug-likeness (QED) is 0.615. The molecule has 1 aliphatic heterocycles. The van der Waals surface area contributed by atoms with Crippen LogP contribution in [0, 0.1) is 17.0 Å². The number of benzene rings is 1. The molecule has 20 heavy (non-hydrogen) atoms. The molecule has 0 aromatic heterocycles. The first-order valence-electron chi connectivity index (χ1n) is 6.80. The predicted molar refractivity (Wildman–Crippen MR) is 79.3 cm³/mol. The first-order chi connectivity index (χ1) is 9.11. The van der Waals surface area contributed by atoms with Crippen molar-refractivity contribution in [3.05, 3.63) is 33.9 Å². The van der Waals surface area contributed by atoms with Crippen LogP contribution in [0.15, 0.2) is 18.2 Å². The van der Waals surface area contributed by atoms with Crippen molar-refractivity contribution >= 4 is 11.4 Å². The van der Waals surface area contributed by atoms with Crippen molar-refractivity contribution in [3.8, 4) is 0 Å². The highest BCUT2D eigenvalue weighted by Gasteiger charge is 2.40. The summed E-state index contributed by atoms with van der Waals surface area (Å²) in [7, 11) is 0. The number of hydrogen-bond acceptors (Lipinski definition) is 4. The number of para-hydroxylation sites is 1. The highest BCUT2D eigenvalue weighted by Crippen LogP contribution is 2.37. The van der Waals surface area contributed by atoms with Crippen LogP contribution < -0.4 is 4.90 Å². The molecule has 0 saturated carbocycles. The third-order valence-electron chi connectivity index (χ3n) is 3.43. The average molecular weight is 278 g/mol. The molecule has 1 heterocycles. The third kappa shape index (κ3) is 2.93. The molecule has 0 radical (unpaired) electrons. The van der Waals surface area contributed by atoms with Gasteiger partial charge in [0.1, 0.15) is 5.69 Å². The second kappa shape index (κ2) is 4.74. The average Bonchev–Trinajstić information content (AvgIpc) is 2.23. The number of ether oxygens (including phenoxy) is 1. The Labute approximate surface area is 119 Å². The minimum Gasteiger partial charge on any atom is -0.366 e. The van der Waals surface area contributed by atoms with E-state index in [4.69, 9.17) is 4.74 Å². The summed E-state index contributed by atoms with van der Waals surface area (Å²) in [5.74, 6) is 0. The molecule has 1 fully saturated rings. The minimum absolute atomic E-state index is 0.165. The maximum absolute atomic E-state index is 11.3. The molecule has 0 N–H and O–H groups in total. The van der Waals surface area contributed by atoms with Crippen LogP contribution in [0.25, 0.3) is 0 Å². The smallest absolute Gasteiger partial charge is 0.292 e. The highest BCUT2D eigenvalue weighted by atomic mass is 16.6. The Morgan fingerprint density at radius 3 is 2.25 bits per heavy atom. The molecule has 0 spiro atoms. The fraction of sp³-hybridized carbons (Fsp3) is 0.600. The number of nitro benzene ring substituents is 1. The van der Waals surface area contributed by atoms with Crippen molar-refractivity contribution in [2.45, 2.75) is 45.8 Å². The van der Waals surface area contributed by atoms with Crippen LogP contribution in [0.2, 0.25) is 0 Å². The molecule has 2 rings (SSSR count). The third-order valence-corrected chi connectivity index (χ3v) is 3.43. The van der Waals surface area contributed by atoms with E-state index in [0.717, 1.165) is 5.56 Å². The van der Waals surface area contributed by atoms with Crippen LogP contribution in [-0.4, -0.2) is 29.2 Å². The first kappa shape index (κ1) is 14.8. The molecule has 0 bridgehead atoms. The number of hydrogen-bond donors (Lipinski definition) is 0. The summed E-state index contributed by atoms with van der Waals surface area (Å²) >= 11 is 0. The molecule has 1 aromatic rings. The van der Waals surface area contributed by atoms with E-state index >= 15 is 0 Å². The van der Waals surface area contributed by atoms with E-state index in [-0.39, 0.29) is 21.8 Å². The molecule has 1 aliphatic rings. The van der Waals surface area contributed by atoms with Crippen molar-refractivity contribution in [1.82, 2.24) is 0 Å². The summed E-state index contributed by atoms with van der Waals surface area (Å²) in [6.07, 6.45) is 0. The van der Waals surface area contributed by atoms with Gasteiger partial charge in [0.2, 0.25) is 0 Å². The molecule has 0 atom stereocenters. The largest absolute Gasteiger partial charge is 0.366 e. The van der Waals surface area contributed by atoms with Crippen molar-refractivity contribution in [1.29, 1.82) is 0 Å². The molecule has 110 valence electrons. The standard InChI is InChI=1S/C15H22N2O3/c1-11-7-6-8-12(17(18)19)13(11)16-9-14(2,3)20-15(4,5)10-16/h6-8H,9-10H2,1-5H3. The summed E-state index contributed by atoms with van der Waals surface area (Å²) in [4.78, 5) is 13.1. The Kier molecular flexibility index (Phi) is 3.50. The van der Waals surface area contributed by atoms with Crippen molar-refractivity contribution in [2.24, 2.45) is 0 Å². The molecule has 1 aromatic carbocycles. The van der Waals surface area contributed by atoms with Crippen LogP contribution in [-0.2, 0) is 4.74 Å². The Hall–Kier alpha value is -1.62. The summed E-state index contributed by atoms with van der Waals surface area (Å²) in [6.45, 7) is 11.3. The van der Waals surface area contributed by atoms with Gasteiger partial charge < -0.3 is 9.64 Å². The molecule has 1 saturated heterocycles. The van der Waals surface area contributed by atoms with Gasteiger partial charge in [-0.3, -0.25) is 10.1 Å². The predicted octanol–water partition coefficient (Wildman–Crippen LogP) is 3.30. The Morgan fingerprint density at radius 2 is 1.75 bits per heavy atom. The van der Waals surface area contributed by atoms with E-state index in [1.165, 1.54) is 0 Å². The molecule has 0 aliphatic carbocycles. The fourth-order valence-corrected chi connectivity index (χ4v) is 3.15. The Bertz CT molecular complexity index is 522. The van der Waals surface area contributed by atoms with Gasteiger partial charge in [0, 0.05) is 19.2 Å². The second-order valence-electron chi connectivity index (χ2n) is 6.68. The SMILES string of the molecule is Cc1cccc([N+](=O)[O-])c1N1CC(C)(C)OC(C)(C)C1. The van der Waals surface area contributed by atoms with Gasteiger partial charge >= 0.3 is 0 Å². The molecular formula is C15H22N2O3. The van der Waals surface area contributed by atoms with Crippen molar-refractivity contribution in [2.75, 3.05) is 18.0 Å². The zero-order chi connectivity index (χ0) is 15.1. The van der Waals surface area contributed by atoms with Gasteiger partial charge in [-0.15, -0.1) is 0 Å². The van der Waals surface area contributed by atoms with Gasteiger partial charge in [-0.05, 0) is 40.2 Å². The number of anilines is 1. The lowest BCUT2D eigenvalue weighted by atomic mass is 9.97. The normalized spacial score (nSPS) is 20.8. The van der Waals surface area contributed by atoms with Crippen molar-refractivity contribution < 1.29 is 9.66 Å². The Morgan fingerprint density at radius 1 is 1.20 bits per heavy atom. The van der Waals surface area contributed by atoms with E-state index in [9.17, 15) is 10.1 Å². The molecule has 0 amide bonds. The van der Waals surface area contributed by atoms with Gasteiger partial charge in [-0.25, -0.2) is 0 Å². The number of aryl methyl sites for hydroxylation is 1. The van der Waals surface area contributed by atoms with E-state index in [1.807, 2.05) is 40.7 Å². The Balaban J connectivity index is 2.48. The summed E-state index contributed by atoms with van der Waals surface area (Å²) in [5.41, 5.74) is 1.13. The monoisotopic (exact) mass is 278 g/mol. The topological polar surface area (TPSA) is 55.6 Å². The van der Waals surface area contributed by atoms with Crippen LogP contribution in [0.1, 0.15) is 33.3 Å². The van der Waals surface area contributed by atoms with Gasteiger partial charge in [0.25, 0.3) is 5.69 Å². The van der Waals surface area contributed by atoms with Gasteiger partial charge in [-0.2, -0.15) is 0 Å². The van der Waals surface area contributed by atoms with E-state index in [1.54, 1.807) is 12.1 Å². The summed E-state index contributed by atoms with van der Waals surface area (Å²) in [5, 5.41) is 11.3.